The van der Waals surface area contributed by atoms with Gasteiger partial charge in [-0.05, 0) is 55.4 Å². The SMILES string of the molecule is CC(N)C1CCCc2cc(Br)ccc21. The van der Waals surface area contributed by atoms with Crippen LogP contribution in [0.3, 0.4) is 0 Å². The van der Waals surface area contributed by atoms with Crippen molar-refractivity contribution in [3.8, 4) is 0 Å². The van der Waals surface area contributed by atoms with Crippen LogP contribution in [0.2, 0.25) is 0 Å². The highest BCUT2D eigenvalue weighted by molar-refractivity contribution is 9.10. The van der Waals surface area contributed by atoms with E-state index in [1.54, 1.807) is 0 Å². The quantitative estimate of drug-likeness (QED) is 0.818. The fourth-order valence-corrected chi connectivity index (χ4v) is 2.78. The number of benzene rings is 1. The minimum absolute atomic E-state index is 0.273. The molecule has 1 aromatic carbocycles. The van der Waals surface area contributed by atoms with Crippen molar-refractivity contribution in [2.45, 2.75) is 38.1 Å². The number of hydrogen-bond donors (Lipinski definition) is 1. The molecule has 0 aliphatic heterocycles. The second kappa shape index (κ2) is 4.03. The maximum atomic E-state index is 6.01. The lowest BCUT2D eigenvalue weighted by atomic mass is 9.79. The van der Waals surface area contributed by atoms with Gasteiger partial charge in [-0.2, -0.15) is 0 Å². The minimum Gasteiger partial charge on any atom is -0.327 e. The summed E-state index contributed by atoms with van der Waals surface area (Å²) in [6, 6.07) is 6.87. The van der Waals surface area contributed by atoms with Gasteiger partial charge in [-0.3, -0.25) is 0 Å². The van der Waals surface area contributed by atoms with E-state index in [2.05, 4.69) is 41.1 Å². The molecule has 0 radical (unpaired) electrons. The van der Waals surface area contributed by atoms with E-state index >= 15 is 0 Å². The Morgan fingerprint density at radius 1 is 1.50 bits per heavy atom. The first-order chi connectivity index (χ1) is 6.68. The van der Waals surface area contributed by atoms with Gasteiger partial charge in [0.05, 0.1) is 0 Å². The highest BCUT2D eigenvalue weighted by atomic mass is 79.9. The maximum absolute atomic E-state index is 6.01. The third-order valence-electron chi connectivity index (χ3n) is 3.10. The lowest BCUT2D eigenvalue weighted by molar-refractivity contribution is 0.485. The summed E-state index contributed by atoms with van der Waals surface area (Å²) in [6.07, 6.45) is 3.72. The molecule has 1 aliphatic carbocycles. The standard InChI is InChI=1S/C12H16BrN/c1-8(14)11-4-2-3-9-7-10(13)5-6-12(9)11/h5-8,11H,2-4,14H2,1H3. The second-order valence-corrected chi connectivity index (χ2v) is 5.12. The summed E-state index contributed by atoms with van der Waals surface area (Å²) in [5.74, 6) is 0.562. The van der Waals surface area contributed by atoms with E-state index in [4.69, 9.17) is 5.73 Å². The van der Waals surface area contributed by atoms with Crippen LogP contribution < -0.4 is 5.73 Å². The number of hydrogen-bond acceptors (Lipinski definition) is 1. The van der Waals surface area contributed by atoms with Crippen molar-refractivity contribution in [1.82, 2.24) is 0 Å². The zero-order valence-electron chi connectivity index (χ0n) is 8.46. The number of aryl methyl sites for hydroxylation is 1. The monoisotopic (exact) mass is 253 g/mol. The average molecular weight is 254 g/mol. The molecule has 76 valence electrons. The number of rotatable bonds is 1. The van der Waals surface area contributed by atoms with Crippen molar-refractivity contribution in [3.63, 3.8) is 0 Å². The minimum atomic E-state index is 0.273. The van der Waals surface area contributed by atoms with E-state index in [9.17, 15) is 0 Å². The Bertz CT molecular complexity index is 333. The van der Waals surface area contributed by atoms with Gasteiger partial charge in [0.25, 0.3) is 0 Å². The Kier molecular flexibility index (Phi) is 2.93. The van der Waals surface area contributed by atoms with E-state index in [0.29, 0.717) is 5.92 Å². The van der Waals surface area contributed by atoms with Crippen LogP contribution in [0.4, 0.5) is 0 Å². The van der Waals surface area contributed by atoms with Crippen LogP contribution in [-0.2, 0) is 6.42 Å². The Morgan fingerprint density at radius 2 is 2.29 bits per heavy atom. The summed E-state index contributed by atoms with van der Waals surface area (Å²) < 4.78 is 1.18. The third kappa shape index (κ3) is 1.86. The predicted molar refractivity (Wildman–Crippen MR) is 63.5 cm³/mol. The van der Waals surface area contributed by atoms with Crippen LogP contribution in [0.1, 0.15) is 36.8 Å². The highest BCUT2D eigenvalue weighted by Gasteiger charge is 2.22. The van der Waals surface area contributed by atoms with Gasteiger partial charge >= 0.3 is 0 Å². The molecule has 1 nitrogen and oxygen atoms in total. The van der Waals surface area contributed by atoms with E-state index in [-0.39, 0.29) is 6.04 Å². The molecule has 0 bridgehead atoms. The van der Waals surface area contributed by atoms with Crippen LogP contribution in [0.15, 0.2) is 22.7 Å². The van der Waals surface area contributed by atoms with Crippen LogP contribution in [0.5, 0.6) is 0 Å². The molecule has 2 unspecified atom stereocenters. The zero-order chi connectivity index (χ0) is 10.1. The Balaban J connectivity index is 2.40. The summed E-state index contributed by atoms with van der Waals surface area (Å²) in [7, 11) is 0. The summed E-state index contributed by atoms with van der Waals surface area (Å²) in [4.78, 5) is 0. The van der Waals surface area contributed by atoms with Crippen LogP contribution in [0.25, 0.3) is 0 Å². The van der Waals surface area contributed by atoms with Gasteiger partial charge in [-0.25, -0.2) is 0 Å². The van der Waals surface area contributed by atoms with Crippen LogP contribution in [0, 0.1) is 0 Å². The van der Waals surface area contributed by atoms with Crippen molar-refractivity contribution < 1.29 is 0 Å². The first-order valence-electron chi connectivity index (χ1n) is 5.22. The fraction of sp³-hybridized carbons (Fsp3) is 0.500. The molecule has 1 aromatic rings. The molecule has 2 rings (SSSR count). The van der Waals surface area contributed by atoms with Gasteiger partial charge in [0.15, 0.2) is 0 Å². The Morgan fingerprint density at radius 3 is 3.00 bits per heavy atom. The number of halogens is 1. The zero-order valence-corrected chi connectivity index (χ0v) is 10.0. The summed E-state index contributed by atoms with van der Waals surface area (Å²) in [5, 5.41) is 0. The van der Waals surface area contributed by atoms with E-state index in [0.717, 1.165) is 0 Å². The van der Waals surface area contributed by atoms with Gasteiger partial charge < -0.3 is 5.73 Å². The summed E-state index contributed by atoms with van der Waals surface area (Å²) >= 11 is 3.52. The van der Waals surface area contributed by atoms with Gasteiger partial charge in [-0.1, -0.05) is 22.0 Å². The van der Waals surface area contributed by atoms with Gasteiger partial charge in [0.1, 0.15) is 0 Å². The van der Waals surface area contributed by atoms with Gasteiger partial charge in [-0.15, -0.1) is 0 Å². The molecular weight excluding hydrogens is 238 g/mol. The van der Waals surface area contributed by atoms with E-state index in [1.807, 2.05) is 0 Å². The fourth-order valence-electron chi connectivity index (χ4n) is 2.37. The molecule has 0 amide bonds. The Hall–Kier alpha value is -0.340. The maximum Gasteiger partial charge on any atom is 0.0178 e. The second-order valence-electron chi connectivity index (χ2n) is 4.20. The third-order valence-corrected chi connectivity index (χ3v) is 3.59. The summed E-state index contributed by atoms with van der Waals surface area (Å²) in [5.41, 5.74) is 8.95. The molecule has 0 fully saturated rings. The van der Waals surface area contributed by atoms with Crippen molar-refractivity contribution in [3.05, 3.63) is 33.8 Å². The van der Waals surface area contributed by atoms with Crippen LogP contribution >= 0.6 is 15.9 Å². The molecule has 2 atom stereocenters. The lowest BCUT2D eigenvalue weighted by Crippen LogP contribution is -2.27. The van der Waals surface area contributed by atoms with E-state index < -0.39 is 0 Å². The Labute approximate surface area is 93.8 Å². The number of fused-ring (bicyclic) bond motifs is 1. The molecule has 0 heterocycles. The predicted octanol–water partition coefficient (Wildman–Crippen LogP) is 3.22. The molecule has 14 heavy (non-hydrogen) atoms. The molecule has 0 saturated carbocycles. The van der Waals surface area contributed by atoms with Crippen molar-refractivity contribution in [2.24, 2.45) is 5.73 Å². The highest BCUT2D eigenvalue weighted by Crippen LogP contribution is 2.34. The molecule has 2 heteroatoms. The van der Waals surface area contributed by atoms with Crippen molar-refractivity contribution >= 4 is 15.9 Å². The van der Waals surface area contributed by atoms with Gasteiger partial charge in [0.2, 0.25) is 0 Å². The normalized spacial score (nSPS) is 22.9. The first kappa shape index (κ1) is 10.2. The van der Waals surface area contributed by atoms with Crippen molar-refractivity contribution in [2.75, 3.05) is 0 Å². The topological polar surface area (TPSA) is 26.0 Å². The molecule has 0 saturated heterocycles. The molecule has 0 spiro atoms. The van der Waals surface area contributed by atoms with Gasteiger partial charge in [0, 0.05) is 10.5 Å². The first-order valence-corrected chi connectivity index (χ1v) is 6.01. The number of nitrogens with two attached hydrogens (primary N) is 1. The average Bonchev–Trinajstić information content (AvgIpc) is 2.16. The summed E-state index contributed by atoms with van der Waals surface area (Å²) in [6.45, 7) is 2.11. The van der Waals surface area contributed by atoms with E-state index in [1.165, 1.54) is 34.9 Å². The molecule has 2 N–H and O–H groups in total. The molecule has 1 aliphatic rings. The molecule has 0 aromatic heterocycles. The van der Waals surface area contributed by atoms with Crippen molar-refractivity contribution in [1.29, 1.82) is 0 Å². The smallest absolute Gasteiger partial charge is 0.0178 e. The lowest BCUT2D eigenvalue weighted by Gasteiger charge is -2.28. The largest absolute Gasteiger partial charge is 0.327 e. The van der Waals surface area contributed by atoms with Crippen LogP contribution in [-0.4, -0.2) is 6.04 Å². The molecular formula is C12H16BrN.